The molecule has 8 heteroatoms. The van der Waals surface area contributed by atoms with Gasteiger partial charge in [-0.2, -0.15) is 13.2 Å². The van der Waals surface area contributed by atoms with Gasteiger partial charge in [-0.3, -0.25) is 4.79 Å². The summed E-state index contributed by atoms with van der Waals surface area (Å²) in [5.74, 6) is -4.49. The average molecular weight is 309 g/mol. The number of thioether (sulfide) groups is 1. The minimum Gasteiger partial charge on any atom is -0.494 e. The number of hydrogen-bond donors (Lipinski definition) is 2. The minimum atomic E-state index is -4.79. The lowest BCUT2D eigenvalue weighted by Gasteiger charge is -2.16. The molecular formula is C12H14F3NO3S. The minimum absolute atomic E-state index is 0.282. The fourth-order valence-electron chi connectivity index (χ4n) is 1.38. The van der Waals surface area contributed by atoms with E-state index in [4.69, 9.17) is 15.6 Å². The Morgan fingerprint density at radius 2 is 2.15 bits per heavy atom. The van der Waals surface area contributed by atoms with E-state index < -0.39 is 23.8 Å². The number of halogens is 3. The fraction of sp³-hybridized carbons (Fsp3) is 0.417. The first kappa shape index (κ1) is 16.5. The van der Waals surface area contributed by atoms with Crippen LogP contribution in [0.25, 0.3) is 0 Å². The molecule has 0 aliphatic carbocycles. The van der Waals surface area contributed by atoms with Crippen molar-refractivity contribution >= 4 is 23.4 Å². The van der Waals surface area contributed by atoms with Crippen molar-refractivity contribution in [3.63, 3.8) is 0 Å². The normalized spacial score (nSPS) is 13.0. The summed E-state index contributed by atoms with van der Waals surface area (Å²) in [7, 11) is 0. The lowest BCUT2D eigenvalue weighted by Crippen LogP contribution is -2.32. The molecule has 112 valence electrons. The Kier molecular flexibility index (Phi) is 5.55. The predicted molar refractivity (Wildman–Crippen MR) is 69.9 cm³/mol. The second kappa shape index (κ2) is 6.74. The number of anilines is 1. The van der Waals surface area contributed by atoms with Crippen LogP contribution in [0.2, 0.25) is 0 Å². The molecule has 0 radical (unpaired) electrons. The number of benzene rings is 1. The summed E-state index contributed by atoms with van der Waals surface area (Å²) in [6.07, 6.45) is -4.79. The molecule has 4 nitrogen and oxygen atoms in total. The monoisotopic (exact) mass is 309 g/mol. The Labute approximate surface area is 118 Å². The molecule has 1 unspecified atom stereocenters. The number of nitrogens with two attached hydrogens (primary N) is 1. The van der Waals surface area contributed by atoms with E-state index in [9.17, 15) is 18.0 Å². The van der Waals surface area contributed by atoms with Crippen LogP contribution in [0.3, 0.4) is 0 Å². The summed E-state index contributed by atoms with van der Waals surface area (Å²) < 4.78 is 42.8. The summed E-state index contributed by atoms with van der Waals surface area (Å²) in [5, 5.41) is 8.61. The molecule has 0 fully saturated rings. The van der Waals surface area contributed by atoms with Crippen LogP contribution in [-0.4, -0.2) is 29.6 Å². The molecule has 0 amide bonds. The Morgan fingerprint density at radius 1 is 1.50 bits per heavy atom. The van der Waals surface area contributed by atoms with Crippen molar-refractivity contribution in [1.82, 2.24) is 0 Å². The molecular weight excluding hydrogens is 295 g/mol. The highest BCUT2D eigenvalue weighted by Gasteiger charge is 2.44. The van der Waals surface area contributed by atoms with E-state index >= 15 is 0 Å². The van der Waals surface area contributed by atoms with Gasteiger partial charge in [-0.15, -0.1) is 11.8 Å². The molecule has 0 saturated heterocycles. The zero-order chi connectivity index (χ0) is 15.3. The van der Waals surface area contributed by atoms with Gasteiger partial charge in [0, 0.05) is 16.3 Å². The number of carboxylic acids is 1. The number of carbonyl (C=O) groups is 1. The average Bonchev–Trinajstić information content (AvgIpc) is 2.31. The van der Waals surface area contributed by atoms with E-state index in [-0.39, 0.29) is 5.69 Å². The zero-order valence-corrected chi connectivity index (χ0v) is 11.4. The van der Waals surface area contributed by atoms with Gasteiger partial charge in [-0.05, 0) is 25.1 Å². The van der Waals surface area contributed by atoms with Gasteiger partial charge in [-0.25, -0.2) is 0 Å². The van der Waals surface area contributed by atoms with Crippen molar-refractivity contribution in [2.24, 2.45) is 5.92 Å². The van der Waals surface area contributed by atoms with Crippen molar-refractivity contribution in [1.29, 1.82) is 0 Å². The Bertz CT molecular complexity index is 480. The van der Waals surface area contributed by atoms with E-state index in [1.165, 1.54) is 12.1 Å². The van der Waals surface area contributed by atoms with E-state index in [1.54, 1.807) is 13.0 Å². The molecule has 3 N–H and O–H groups in total. The lowest BCUT2D eigenvalue weighted by molar-refractivity contribution is -0.188. The number of ether oxygens (including phenoxy) is 1. The van der Waals surface area contributed by atoms with Gasteiger partial charge in [0.25, 0.3) is 0 Å². The van der Waals surface area contributed by atoms with Crippen molar-refractivity contribution in [3.05, 3.63) is 18.2 Å². The summed E-state index contributed by atoms with van der Waals surface area (Å²) in [4.78, 5) is 11.0. The standard InChI is InChI=1S/C12H14F3NO3S/c1-2-19-7-3-4-9(16)10(5-7)20-6-8(11(17)18)12(13,14)15/h3-5,8H,2,6,16H2,1H3,(H,17,18). The van der Waals surface area contributed by atoms with Gasteiger partial charge in [-0.1, -0.05) is 0 Å². The maximum Gasteiger partial charge on any atom is 0.403 e. The van der Waals surface area contributed by atoms with Gasteiger partial charge in [0.15, 0.2) is 5.92 Å². The number of aliphatic carboxylic acids is 1. The van der Waals surface area contributed by atoms with Crippen LogP contribution in [0.5, 0.6) is 5.75 Å². The fourth-order valence-corrected chi connectivity index (χ4v) is 2.49. The first-order valence-corrected chi connectivity index (χ1v) is 6.69. The Balaban J connectivity index is 2.82. The van der Waals surface area contributed by atoms with Gasteiger partial charge in [0.1, 0.15) is 5.75 Å². The van der Waals surface area contributed by atoms with Crippen LogP contribution in [0.1, 0.15) is 6.92 Å². The third-order valence-corrected chi connectivity index (χ3v) is 3.56. The lowest BCUT2D eigenvalue weighted by atomic mass is 10.2. The third-order valence-electron chi connectivity index (χ3n) is 2.39. The smallest absolute Gasteiger partial charge is 0.403 e. The number of alkyl halides is 3. The molecule has 0 heterocycles. The van der Waals surface area contributed by atoms with Gasteiger partial charge in [0.05, 0.1) is 6.61 Å². The summed E-state index contributed by atoms with van der Waals surface area (Å²) in [6, 6.07) is 4.61. The van der Waals surface area contributed by atoms with Crippen LogP contribution < -0.4 is 10.5 Å². The number of nitrogen functional groups attached to an aromatic ring is 1. The zero-order valence-electron chi connectivity index (χ0n) is 10.6. The molecule has 0 spiro atoms. The third kappa shape index (κ3) is 4.52. The van der Waals surface area contributed by atoms with Gasteiger partial charge < -0.3 is 15.6 Å². The summed E-state index contributed by atoms with van der Waals surface area (Å²) in [5.41, 5.74) is 5.93. The van der Waals surface area contributed by atoms with Crippen LogP contribution in [-0.2, 0) is 4.79 Å². The van der Waals surface area contributed by atoms with E-state index in [0.717, 1.165) is 11.8 Å². The first-order chi connectivity index (χ1) is 9.25. The highest BCUT2D eigenvalue weighted by Crippen LogP contribution is 2.35. The maximum absolute atomic E-state index is 12.5. The number of rotatable bonds is 6. The molecule has 1 atom stereocenters. The molecule has 1 aromatic carbocycles. The van der Waals surface area contributed by atoms with Crippen molar-refractivity contribution < 1.29 is 27.8 Å². The van der Waals surface area contributed by atoms with Crippen molar-refractivity contribution in [3.8, 4) is 5.75 Å². The van der Waals surface area contributed by atoms with Crippen LogP contribution in [0.4, 0.5) is 18.9 Å². The summed E-state index contributed by atoms with van der Waals surface area (Å²) in [6.45, 7) is 2.18. The highest BCUT2D eigenvalue weighted by molar-refractivity contribution is 7.99. The van der Waals surface area contributed by atoms with Crippen molar-refractivity contribution in [2.45, 2.75) is 18.0 Å². The second-order valence-electron chi connectivity index (χ2n) is 3.88. The molecule has 1 aromatic rings. The van der Waals surface area contributed by atoms with Crippen LogP contribution in [0.15, 0.2) is 23.1 Å². The molecule has 0 aliphatic heterocycles. The highest BCUT2D eigenvalue weighted by atomic mass is 32.2. The Hall–Kier alpha value is -1.57. The molecule has 1 rings (SSSR count). The molecule has 0 bridgehead atoms. The maximum atomic E-state index is 12.5. The second-order valence-corrected chi connectivity index (χ2v) is 4.94. The van der Waals surface area contributed by atoms with E-state index in [2.05, 4.69) is 0 Å². The molecule has 0 aromatic heterocycles. The molecule has 0 aliphatic rings. The molecule has 20 heavy (non-hydrogen) atoms. The van der Waals surface area contributed by atoms with Gasteiger partial charge in [0.2, 0.25) is 0 Å². The van der Waals surface area contributed by atoms with Gasteiger partial charge >= 0.3 is 12.1 Å². The largest absolute Gasteiger partial charge is 0.494 e. The molecule has 0 saturated carbocycles. The quantitative estimate of drug-likeness (QED) is 0.624. The first-order valence-electron chi connectivity index (χ1n) is 5.70. The predicted octanol–water partition coefficient (Wildman–Crippen LogP) is 3.02. The Morgan fingerprint density at radius 3 is 2.65 bits per heavy atom. The van der Waals surface area contributed by atoms with Crippen LogP contribution >= 0.6 is 11.8 Å². The number of hydrogen-bond acceptors (Lipinski definition) is 4. The topological polar surface area (TPSA) is 72.5 Å². The van der Waals surface area contributed by atoms with E-state index in [0.29, 0.717) is 17.3 Å². The van der Waals surface area contributed by atoms with E-state index in [1.807, 2.05) is 0 Å². The van der Waals surface area contributed by atoms with Crippen molar-refractivity contribution in [2.75, 3.05) is 18.1 Å². The SMILES string of the molecule is CCOc1ccc(N)c(SCC(C(=O)O)C(F)(F)F)c1. The number of carboxylic acid groups (broad SMARTS) is 1. The summed E-state index contributed by atoms with van der Waals surface area (Å²) >= 11 is 0.745. The van der Waals surface area contributed by atoms with Crippen LogP contribution in [0, 0.1) is 5.92 Å².